The highest BCUT2D eigenvalue weighted by Gasteiger charge is 2.20. The summed E-state index contributed by atoms with van der Waals surface area (Å²) in [5.41, 5.74) is 2.80. The van der Waals surface area contributed by atoms with Gasteiger partial charge in [-0.2, -0.15) is 0 Å². The summed E-state index contributed by atoms with van der Waals surface area (Å²) in [6, 6.07) is 10.8. The quantitative estimate of drug-likeness (QED) is 0.581. The summed E-state index contributed by atoms with van der Waals surface area (Å²) in [4.78, 5) is 27.0. The van der Waals surface area contributed by atoms with Crippen LogP contribution >= 0.6 is 23.4 Å². The van der Waals surface area contributed by atoms with Gasteiger partial charge in [-0.05, 0) is 48.9 Å². The zero-order valence-corrected chi connectivity index (χ0v) is 15.1. The van der Waals surface area contributed by atoms with Gasteiger partial charge in [-0.15, -0.1) is 0 Å². The number of hydrogen-bond donors (Lipinski definition) is 0. The van der Waals surface area contributed by atoms with E-state index < -0.39 is 0 Å². The van der Waals surface area contributed by atoms with Crippen LogP contribution in [0.3, 0.4) is 0 Å². The van der Waals surface area contributed by atoms with Gasteiger partial charge < -0.3 is 4.90 Å². The fourth-order valence-corrected chi connectivity index (χ4v) is 3.11. The molecule has 0 saturated carbocycles. The van der Waals surface area contributed by atoms with E-state index in [1.165, 1.54) is 4.90 Å². The van der Waals surface area contributed by atoms with Gasteiger partial charge in [0, 0.05) is 35.1 Å². The average molecular weight is 348 g/mol. The highest BCUT2D eigenvalue weighted by Crippen LogP contribution is 2.32. The summed E-state index contributed by atoms with van der Waals surface area (Å²) in [7, 11) is 3.36. The van der Waals surface area contributed by atoms with Crippen molar-refractivity contribution in [1.29, 1.82) is 0 Å². The fourth-order valence-electron chi connectivity index (χ4n) is 2.08. The predicted octanol–water partition coefficient (Wildman–Crippen LogP) is 4.96. The smallest absolute Gasteiger partial charge is 0.285 e. The van der Waals surface area contributed by atoms with E-state index >= 15 is 0 Å². The third kappa shape index (κ3) is 3.95. The Kier molecular flexibility index (Phi) is 5.50. The molecule has 0 aliphatic carbocycles. The maximum atomic E-state index is 12.9. The van der Waals surface area contributed by atoms with Crippen molar-refractivity contribution in [2.24, 2.45) is 0 Å². The van der Waals surface area contributed by atoms with Crippen molar-refractivity contribution in [2.75, 3.05) is 14.1 Å². The third-order valence-electron chi connectivity index (χ3n) is 3.46. The molecule has 0 atom stereocenters. The molecule has 0 aromatic heterocycles. The van der Waals surface area contributed by atoms with Crippen LogP contribution in [0.15, 0.2) is 41.3 Å². The van der Waals surface area contributed by atoms with Crippen LogP contribution < -0.4 is 0 Å². The first-order valence-electron chi connectivity index (χ1n) is 7.11. The van der Waals surface area contributed by atoms with Crippen molar-refractivity contribution in [3.8, 4) is 0 Å². The van der Waals surface area contributed by atoms with Gasteiger partial charge in [0.15, 0.2) is 5.78 Å². The summed E-state index contributed by atoms with van der Waals surface area (Å²) in [5.74, 6) is -0.126. The van der Waals surface area contributed by atoms with E-state index in [2.05, 4.69) is 0 Å². The number of amides is 1. The van der Waals surface area contributed by atoms with Crippen LogP contribution in [0.4, 0.5) is 4.79 Å². The second kappa shape index (κ2) is 7.20. The Morgan fingerprint density at radius 2 is 1.65 bits per heavy atom. The molecular weight excluding hydrogens is 330 g/mol. The van der Waals surface area contributed by atoms with E-state index in [0.29, 0.717) is 21.0 Å². The molecule has 2 aromatic rings. The third-order valence-corrected chi connectivity index (χ3v) is 4.96. The second-order valence-corrected chi connectivity index (χ2v) is 6.90. The predicted molar refractivity (Wildman–Crippen MR) is 95.7 cm³/mol. The van der Waals surface area contributed by atoms with Gasteiger partial charge in [0.2, 0.25) is 0 Å². The van der Waals surface area contributed by atoms with Crippen molar-refractivity contribution in [3.05, 3.63) is 63.7 Å². The van der Waals surface area contributed by atoms with E-state index in [9.17, 15) is 9.59 Å². The average Bonchev–Trinajstić information content (AvgIpc) is 2.50. The molecule has 1 amide bonds. The SMILES string of the molecule is Cc1cc(SC(=O)N(C)C)c(C(=O)c2ccccc2C)cc1Cl. The molecule has 120 valence electrons. The molecule has 0 saturated heterocycles. The van der Waals surface area contributed by atoms with Gasteiger partial charge in [0.25, 0.3) is 5.24 Å². The minimum Gasteiger partial charge on any atom is -0.339 e. The lowest BCUT2D eigenvalue weighted by Gasteiger charge is -2.14. The number of nitrogens with zero attached hydrogens (tertiary/aromatic N) is 1. The number of rotatable bonds is 3. The molecule has 2 aromatic carbocycles. The summed E-state index contributed by atoms with van der Waals surface area (Å²) in [6.07, 6.45) is 0. The Balaban J connectivity index is 2.52. The van der Waals surface area contributed by atoms with Gasteiger partial charge in [0.05, 0.1) is 0 Å². The Labute approximate surface area is 145 Å². The standard InChI is InChI=1S/C18H18ClNO2S/c1-11-7-5-6-8-13(11)17(21)14-10-15(19)12(2)9-16(14)23-18(22)20(3)4/h5-10H,1-4H3. The molecule has 0 spiro atoms. The van der Waals surface area contributed by atoms with Crippen LogP contribution in [0.2, 0.25) is 5.02 Å². The monoisotopic (exact) mass is 347 g/mol. The van der Waals surface area contributed by atoms with E-state index in [0.717, 1.165) is 22.9 Å². The lowest BCUT2D eigenvalue weighted by atomic mass is 9.98. The van der Waals surface area contributed by atoms with Crippen molar-refractivity contribution in [2.45, 2.75) is 18.7 Å². The van der Waals surface area contributed by atoms with Crippen molar-refractivity contribution in [1.82, 2.24) is 4.90 Å². The molecule has 0 N–H and O–H groups in total. The van der Waals surface area contributed by atoms with E-state index in [-0.39, 0.29) is 11.0 Å². The normalized spacial score (nSPS) is 10.5. The number of ketones is 1. The summed E-state index contributed by atoms with van der Waals surface area (Å²) < 4.78 is 0. The molecule has 0 aliphatic rings. The van der Waals surface area contributed by atoms with Crippen LogP contribution in [0.5, 0.6) is 0 Å². The van der Waals surface area contributed by atoms with Crippen LogP contribution in [0.1, 0.15) is 27.0 Å². The summed E-state index contributed by atoms with van der Waals surface area (Å²) in [6.45, 7) is 3.75. The topological polar surface area (TPSA) is 37.4 Å². The number of hydrogen-bond acceptors (Lipinski definition) is 3. The van der Waals surface area contributed by atoms with Gasteiger partial charge in [-0.25, -0.2) is 0 Å². The Morgan fingerprint density at radius 1 is 1.00 bits per heavy atom. The molecular formula is C18H18ClNO2S. The maximum absolute atomic E-state index is 12.9. The van der Waals surface area contributed by atoms with Crippen molar-refractivity contribution >= 4 is 34.4 Å². The number of aryl methyl sites for hydroxylation is 2. The number of carbonyl (C=O) groups excluding carboxylic acids is 2. The summed E-state index contributed by atoms with van der Waals surface area (Å²) in [5, 5.41) is 0.383. The van der Waals surface area contributed by atoms with E-state index in [4.69, 9.17) is 11.6 Å². The lowest BCUT2D eigenvalue weighted by Crippen LogP contribution is -2.17. The van der Waals surface area contributed by atoms with Gasteiger partial charge in [-0.1, -0.05) is 35.9 Å². The van der Waals surface area contributed by atoms with Crippen LogP contribution in [-0.4, -0.2) is 30.0 Å². The molecule has 23 heavy (non-hydrogen) atoms. The minimum atomic E-state index is -0.134. The number of thioether (sulfide) groups is 1. The lowest BCUT2D eigenvalue weighted by molar-refractivity contribution is 0.103. The van der Waals surface area contributed by atoms with Crippen molar-refractivity contribution in [3.63, 3.8) is 0 Å². The zero-order chi connectivity index (χ0) is 17.1. The molecule has 0 fully saturated rings. The van der Waals surface area contributed by atoms with Crippen LogP contribution in [0.25, 0.3) is 0 Å². The molecule has 3 nitrogen and oxygen atoms in total. The number of carbonyl (C=O) groups is 2. The molecule has 0 heterocycles. The van der Waals surface area contributed by atoms with Crippen LogP contribution in [0, 0.1) is 13.8 Å². The Morgan fingerprint density at radius 3 is 2.26 bits per heavy atom. The highest BCUT2D eigenvalue weighted by atomic mass is 35.5. The molecule has 0 radical (unpaired) electrons. The Hall–Kier alpha value is -1.78. The van der Waals surface area contributed by atoms with E-state index in [1.807, 2.05) is 32.0 Å². The second-order valence-electron chi connectivity index (χ2n) is 5.50. The largest absolute Gasteiger partial charge is 0.339 e. The first-order valence-corrected chi connectivity index (χ1v) is 8.30. The Bertz CT molecular complexity index is 772. The van der Waals surface area contributed by atoms with Gasteiger partial charge in [0.1, 0.15) is 0 Å². The van der Waals surface area contributed by atoms with Gasteiger partial charge in [-0.3, -0.25) is 9.59 Å². The first-order chi connectivity index (χ1) is 10.8. The number of benzene rings is 2. The molecule has 2 rings (SSSR count). The maximum Gasteiger partial charge on any atom is 0.285 e. The van der Waals surface area contributed by atoms with Crippen LogP contribution in [-0.2, 0) is 0 Å². The minimum absolute atomic E-state index is 0.126. The zero-order valence-electron chi connectivity index (χ0n) is 13.5. The summed E-state index contributed by atoms with van der Waals surface area (Å²) >= 11 is 7.24. The molecule has 0 bridgehead atoms. The molecule has 5 heteroatoms. The highest BCUT2D eigenvalue weighted by molar-refractivity contribution is 8.13. The van der Waals surface area contributed by atoms with Gasteiger partial charge >= 0.3 is 0 Å². The van der Waals surface area contributed by atoms with Crippen molar-refractivity contribution < 1.29 is 9.59 Å². The first kappa shape index (κ1) is 17.6. The molecule has 0 aliphatic heterocycles. The molecule has 0 unspecified atom stereocenters. The van der Waals surface area contributed by atoms with E-state index in [1.54, 1.807) is 32.3 Å². The number of halogens is 1. The fraction of sp³-hybridized carbons (Fsp3) is 0.222.